The normalized spacial score (nSPS) is 8.33. The van der Waals surface area contributed by atoms with Crippen molar-refractivity contribution >= 4 is 0 Å². The zero-order valence-electron chi connectivity index (χ0n) is 6.31. The smallest absolute Gasteiger partial charge is 0.416 e. The van der Waals surface area contributed by atoms with Crippen molar-refractivity contribution in [2.75, 3.05) is 0 Å². The Morgan fingerprint density at radius 1 is 1.25 bits per heavy atom. The third kappa shape index (κ3) is 3.36. The highest BCUT2D eigenvalue weighted by Gasteiger charge is 1.72. The van der Waals surface area contributed by atoms with Crippen molar-refractivity contribution in [3.63, 3.8) is 0 Å². The minimum absolute atomic E-state index is 0.407. The predicted octanol–water partition coefficient (Wildman–Crippen LogP) is 1.05. The lowest BCUT2D eigenvalue weighted by molar-refractivity contribution is 0.515. The first-order chi connectivity index (χ1) is 5.89. The summed E-state index contributed by atoms with van der Waals surface area (Å²) in [5, 5.41) is 0. The van der Waals surface area contributed by atoms with Crippen LogP contribution in [-0.4, -0.2) is 9.97 Å². The summed E-state index contributed by atoms with van der Waals surface area (Å²) in [6.45, 7) is 0. The Morgan fingerprint density at radius 3 is 2.17 bits per heavy atom. The molecule has 0 unspecified atom stereocenters. The molecule has 0 aliphatic heterocycles. The van der Waals surface area contributed by atoms with Crippen molar-refractivity contribution in [3.8, 4) is 0 Å². The summed E-state index contributed by atoms with van der Waals surface area (Å²) in [6, 6.07) is 5.72. The SMILES string of the molecule is O=c1[nH]cco1.c1ccncc1. The van der Waals surface area contributed by atoms with Gasteiger partial charge in [0.25, 0.3) is 0 Å². The summed E-state index contributed by atoms with van der Waals surface area (Å²) < 4.78 is 4.22. The molecule has 0 saturated carbocycles. The van der Waals surface area contributed by atoms with Crippen LogP contribution >= 0.6 is 0 Å². The predicted molar refractivity (Wildman–Crippen MR) is 43.6 cm³/mol. The van der Waals surface area contributed by atoms with Gasteiger partial charge in [-0.1, -0.05) is 6.07 Å². The molecule has 4 nitrogen and oxygen atoms in total. The third-order valence-corrected chi connectivity index (χ3v) is 1.01. The number of nitrogens with one attached hydrogen (secondary N) is 1. The van der Waals surface area contributed by atoms with E-state index in [0.29, 0.717) is 0 Å². The van der Waals surface area contributed by atoms with Crippen molar-refractivity contribution in [2.45, 2.75) is 0 Å². The molecule has 0 spiro atoms. The molecule has 2 heterocycles. The van der Waals surface area contributed by atoms with Crippen LogP contribution in [0.15, 0.2) is 52.3 Å². The molecule has 0 radical (unpaired) electrons. The lowest BCUT2D eigenvalue weighted by Crippen LogP contribution is -1.91. The quantitative estimate of drug-likeness (QED) is 0.633. The fraction of sp³-hybridized carbons (Fsp3) is 0. The molecule has 4 heteroatoms. The molecule has 2 aromatic rings. The molecule has 0 amide bonds. The summed E-state index contributed by atoms with van der Waals surface area (Å²) in [7, 11) is 0. The van der Waals surface area contributed by atoms with Crippen molar-refractivity contribution in [2.24, 2.45) is 0 Å². The fourth-order valence-corrected chi connectivity index (χ4v) is 0.545. The van der Waals surface area contributed by atoms with Crippen molar-refractivity contribution < 1.29 is 4.42 Å². The van der Waals surface area contributed by atoms with E-state index in [2.05, 4.69) is 14.4 Å². The lowest BCUT2D eigenvalue weighted by atomic mass is 10.5. The summed E-state index contributed by atoms with van der Waals surface area (Å²) in [5.41, 5.74) is 0. The highest BCUT2D eigenvalue weighted by atomic mass is 16.4. The van der Waals surface area contributed by atoms with Gasteiger partial charge in [-0.15, -0.1) is 0 Å². The Balaban J connectivity index is 0.000000120. The number of aromatic nitrogens is 2. The zero-order valence-corrected chi connectivity index (χ0v) is 6.31. The van der Waals surface area contributed by atoms with Crippen LogP contribution in [0.1, 0.15) is 0 Å². The molecule has 0 aliphatic carbocycles. The maximum atomic E-state index is 9.85. The Morgan fingerprint density at radius 2 is 2.00 bits per heavy atom. The molecule has 62 valence electrons. The Bertz CT molecular complexity index is 296. The van der Waals surface area contributed by atoms with Gasteiger partial charge >= 0.3 is 5.76 Å². The highest BCUT2D eigenvalue weighted by Crippen LogP contribution is 1.73. The van der Waals surface area contributed by atoms with Gasteiger partial charge in [0, 0.05) is 18.6 Å². The first-order valence-corrected chi connectivity index (χ1v) is 3.37. The number of H-pyrrole nitrogens is 1. The van der Waals surface area contributed by atoms with Crippen molar-refractivity contribution in [1.82, 2.24) is 9.97 Å². The van der Waals surface area contributed by atoms with Gasteiger partial charge in [-0.2, -0.15) is 0 Å². The average Bonchev–Trinajstić information content (AvgIpc) is 2.60. The number of rotatable bonds is 0. The third-order valence-electron chi connectivity index (χ3n) is 1.01. The lowest BCUT2D eigenvalue weighted by Gasteiger charge is -1.70. The molecule has 0 aromatic carbocycles. The van der Waals surface area contributed by atoms with Gasteiger partial charge in [0.2, 0.25) is 0 Å². The van der Waals surface area contributed by atoms with E-state index >= 15 is 0 Å². The number of hydrogen-bond donors (Lipinski definition) is 1. The molecule has 2 rings (SSSR count). The van der Waals surface area contributed by atoms with Gasteiger partial charge in [-0.3, -0.25) is 9.97 Å². The van der Waals surface area contributed by atoms with Gasteiger partial charge in [-0.05, 0) is 12.1 Å². The second-order valence-corrected chi connectivity index (χ2v) is 1.88. The van der Waals surface area contributed by atoms with Crippen LogP contribution in [0.4, 0.5) is 0 Å². The number of aromatic amines is 1. The van der Waals surface area contributed by atoms with Crippen LogP contribution in [0.5, 0.6) is 0 Å². The molecule has 0 aliphatic rings. The first kappa shape index (κ1) is 8.26. The molecule has 0 fully saturated rings. The molecular weight excluding hydrogens is 156 g/mol. The summed E-state index contributed by atoms with van der Waals surface area (Å²) in [5.74, 6) is -0.407. The van der Waals surface area contributed by atoms with Gasteiger partial charge in [0.15, 0.2) is 0 Å². The molecule has 2 aromatic heterocycles. The van der Waals surface area contributed by atoms with E-state index in [0.717, 1.165) is 0 Å². The van der Waals surface area contributed by atoms with Crippen LogP contribution in [-0.2, 0) is 0 Å². The van der Waals surface area contributed by atoms with E-state index in [1.165, 1.54) is 12.5 Å². The minimum Gasteiger partial charge on any atom is -0.417 e. The van der Waals surface area contributed by atoms with E-state index in [9.17, 15) is 4.79 Å². The van der Waals surface area contributed by atoms with Crippen LogP contribution in [0.2, 0.25) is 0 Å². The standard InChI is InChI=1S/C5H5N.C3H3NO2/c1-2-4-6-5-3-1;5-3-4-1-2-6-3/h1-5H;1-2H,(H,4,5). The van der Waals surface area contributed by atoms with Crippen LogP contribution in [0, 0.1) is 0 Å². The van der Waals surface area contributed by atoms with Crippen LogP contribution < -0.4 is 5.76 Å². The average molecular weight is 164 g/mol. The second-order valence-electron chi connectivity index (χ2n) is 1.88. The zero-order chi connectivity index (χ0) is 8.65. The molecule has 0 bridgehead atoms. The van der Waals surface area contributed by atoms with E-state index in [1.807, 2.05) is 18.2 Å². The van der Waals surface area contributed by atoms with E-state index in [-0.39, 0.29) is 0 Å². The Kier molecular flexibility index (Phi) is 3.37. The summed E-state index contributed by atoms with van der Waals surface area (Å²) >= 11 is 0. The fourth-order valence-electron chi connectivity index (χ4n) is 0.545. The maximum Gasteiger partial charge on any atom is 0.416 e. The van der Waals surface area contributed by atoms with Gasteiger partial charge in [-0.25, -0.2) is 4.79 Å². The molecule has 1 N–H and O–H groups in total. The molecular formula is C8H8N2O2. The first-order valence-electron chi connectivity index (χ1n) is 3.37. The topological polar surface area (TPSA) is 58.9 Å². The van der Waals surface area contributed by atoms with E-state index in [1.54, 1.807) is 12.4 Å². The van der Waals surface area contributed by atoms with Gasteiger partial charge in [0.1, 0.15) is 6.26 Å². The monoisotopic (exact) mass is 164 g/mol. The number of nitrogens with zero attached hydrogens (tertiary/aromatic N) is 1. The maximum absolute atomic E-state index is 9.85. The molecule has 0 saturated heterocycles. The van der Waals surface area contributed by atoms with Crippen LogP contribution in [0.25, 0.3) is 0 Å². The van der Waals surface area contributed by atoms with Crippen LogP contribution in [0.3, 0.4) is 0 Å². The number of pyridine rings is 1. The Hall–Kier alpha value is -1.84. The minimum atomic E-state index is -0.407. The Labute approximate surface area is 68.9 Å². The van der Waals surface area contributed by atoms with E-state index in [4.69, 9.17) is 0 Å². The van der Waals surface area contributed by atoms with Crippen molar-refractivity contribution in [1.29, 1.82) is 0 Å². The van der Waals surface area contributed by atoms with E-state index < -0.39 is 5.76 Å². The molecule has 0 atom stereocenters. The number of hydrogen-bond acceptors (Lipinski definition) is 3. The summed E-state index contributed by atoms with van der Waals surface area (Å²) in [4.78, 5) is 15.9. The van der Waals surface area contributed by atoms with Crippen molar-refractivity contribution in [3.05, 3.63) is 53.6 Å². The highest BCUT2D eigenvalue weighted by molar-refractivity contribution is 4.88. The number of oxazole rings is 1. The summed E-state index contributed by atoms with van der Waals surface area (Å²) in [6.07, 6.45) is 6.23. The van der Waals surface area contributed by atoms with Gasteiger partial charge in [0.05, 0.1) is 0 Å². The molecule has 12 heavy (non-hydrogen) atoms. The second kappa shape index (κ2) is 4.90. The van der Waals surface area contributed by atoms with Gasteiger partial charge < -0.3 is 4.42 Å². The largest absolute Gasteiger partial charge is 0.417 e.